The van der Waals surface area contributed by atoms with Gasteiger partial charge in [-0.25, -0.2) is 0 Å². The molecule has 0 N–H and O–H groups in total. The highest BCUT2D eigenvalue weighted by Gasteiger charge is 2.40. The van der Waals surface area contributed by atoms with Crippen molar-refractivity contribution in [3.63, 3.8) is 0 Å². The Kier molecular flexibility index (Phi) is 8.90. The molecule has 0 saturated heterocycles. The smallest absolute Gasteiger partial charge is 0.0527 e. The van der Waals surface area contributed by atoms with Gasteiger partial charge in [-0.15, -0.1) is 0 Å². The lowest BCUT2D eigenvalue weighted by molar-refractivity contribution is 0.355. The molecule has 0 heterocycles. The van der Waals surface area contributed by atoms with Crippen molar-refractivity contribution in [2.24, 2.45) is 5.41 Å². The Labute approximate surface area is 166 Å². The second-order valence-electron chi connectivity index (χ2n) is 11.0. The topological polar surface area (TPSA) is 0 Å². The summed E-state index contributed by atoms with van der Waals surface area (Å²) >= 11 is 7.74. The summed E-state index contributed by atoms with van der Waals surface area (Å²) < 4.78 is 0. The van der Waals surface area contributed by atoms with Crippen LogP contribution in [0.4, 0.5) is 0 Å². The van der Waals surface area contributed by atoms with E-state index < -0.39 is 16.1 Å². The zero-order chi connectivity index (χ0) is 18.7. The summed E-state index contributed by atoms with van der Waals surface area (Å²) in [5, 5.41) is 3.26. The summed E-state index contributed by atoms with van der Waals surface area (Å²) in [5.74, 6) is 0. The molecule has 23 heavy (non-hydrogen) atoms. The third kappa shape index (κ3) is 6.90. The van der Waals surface area contributed by atoms with Gasteiger partial charge in [0.25, 0.3) is 0 Å². The average Bonchev–Trinajstić information content (AvgIpc) is 2.37. The molecule has 0 aromatic rings. The lowest BCUT2D eigenvalue weighted by atomic mass is 9.87. The predicted molar refractivity (Wildman–Crippen MR) is 123 cm³/mol. The van der Waals surface area contributed by atoms with Crippen molar-refractivity contribution >= 4 is 48.0 Å². The maximum Gasteiger partial charge on any atom is 0.0527 e. The van der Waals surface area contributed by atoms with Gasteiger partial charge in [0.05, 0.1) is 16.1 Å². The summed E-state index contributed by atoms with van der Waals surface area (Å²) in [4.78, 5) is 0. The van der Waals surface area contributed by atoms with Crippen molar-refractivity contribution in [3.8, 4) is 0 Å². The molecule has 0 unspecified atom stereocenters. The normalized spacial score (nSPS) is 15.1. The second-order valence-corrected chi connectivity index (χ2v) is 23.7. The molecule has 0 aromatic carbocycles. The third-order valence-corrected chi connectivity index (χ3v) is 20.7. The van der Waals surface area contributed by atoms with Gasteiger partial charge in [0, 0.05) is 10.7 Å². The van der Waals surface area contributed by atoms with E-state index in [2.05, 4.69) is 99.6 Å². The molecule has 4 heteroatoms. The van der Waals surface area contributed by atoms with Crippen LogP contribution in [-0.4, -0.2) is 26.8 Å². The Bertz CT molecular complexity index is 327. The van der Waals surface area contributed by atoms with Crippen molar-refractivity contribution < 1.29 is 0 Å². The van der Waals surface area contributed by atoms with Gasteiger partial charge in [-0.3, -0.25) is 0 Å². The van der Waals surface area contributed by atoms with Gasteiger partial charge in [0.1, 0.15) is 0 Å². The molecule has 0 rings (SSSR count). The summed E-state index contributed by atoms with van der Waals surface area (Å²) in [7, 11) is -2.38. The Balaban J connectivity index is 5.03. The molecule has 0 atom stereocenters. The zero-order valence-corrected chi connectivity index (χ0v) is 22.7. The SMILES string of the molecule is CC(C)(C)[Si](C)(C)CCC(CBr)(CBr)CC[Si](C)(C)C(C)(C)C. The van der Waals surface area contributed by atoms with E-state index in [1.165, 1.54) is 24.9 Å². The fourth-order valence-corrected chi connectivity index (χ4v) is 8.19. The lowest BCUT2D eigenvalue weighted by Crippen LogP contribution is -2.41. The number of hydrogen-bond donors (Lipinski definition) is 0. The van der Waals surface area contributed by atoms with Gasteiger partial charge >= 0.3 is 0 Å². The van der Waals surface area contributed by atoms with Crippen molar-refractivity contribution in [1.82, 2.24) is 0 Å². The van der Waals surface area contributed by atoms with Gasteiger partial charge in [0.2, 0.25) is 0 Å². The Morgan fingerprint density at radius 3 is 1.04 bits per heavy atom. The Morgan fingerprint density at radius 2 is 0.870 bits per heavy atom. The van der Waals surface area contributed by atoms with E-state index in [0.29, 0.717) is 15.5 Å². The molecule has 0 aromatic heterocycles. The van der Waals surface area contributed by atoms with Crippen LogP contribution < -0.4 is 0 Å². The minimum Gasteiger partial charge on any atom is -0.0922 e. The first-order valence-corrected chi connectivity index (χ1v) is 17.8. The first-order chi connectivity index (χ1) is 10.0. The van der Waals surface area contributed by atoms with Crippen LogP contribution in [0.1, 0.15) is 54.4 Å². The molecule has 0 saturated carbocycles. The summed E-state index contributed by atoms with van der Waals surface area (Å²) in [6.07, 6.45) is 2.74. The summed E-state index contributed by atoms with van der Waals surface area (Å²) in [6.45, 7) is 25.0. The fraction of sp³-hybridized carbons (Fsp3) is 1.00. The molecular formula is C19H42Br2Si2. The van der Waals surface area contributed by atoms with Crippen LogP contribution in [0.3, 0.4) is 0 Å². The van der Waals surface area contributed by atoms with Gasteiger partial charge < -0.3 is 0 Å². The number of halogens is 2. The molecule has 0 radical (unpaired) electrons. The van der Waals surface area contributed by atoms with E-state index in [1.807, 2.05) is 0 Å². The lowest BCUT2D eigenvalue weighted by Gasteiger charge is -2.43. The molecule has 0 bridgehead atoms. The number of rotatable bonds is 8. The minimum atomic E-state index is -1.19. The Morgan fingerprint density at radius 1 is 0.609 bits per heavy atom. The van der Waals surface area contributed by atoms with E-state index >= 15 is 0 Å². The number of alkyl halides is 2. The van der Waals surface area contributed by atoms with Crippen molar-refractivity contribution in [2.45, 2.75) is 103 Å². The van der Waals surface area contributed by atoms with Crippen LogP contribution in [-0.2, 0) is 0 Å². The molecule has 140 valence electrons. The van der Waals surface area contributed by atoms with Crippen LogP contribution in [0.15, 0.2) is 0 Å². The summed E-state index contributed by atoms with van der Waals surface area (Å²) in [6, 6.07) is 2.87. The minimum absolute atomic E-state index is 0.436. The maximum absolute atomic E-state index is 3.87. The highest BCUT2D eigenvalue weighted by Crippen LogP contribution is 2.46. The fourth-order valence-electron chi connectivity index (χ4n) is 2.33. The molecule has 0 aliphatic carbocycles. The quantitative estimate of drug-likeness (QED) is 0.238. The van der Waals surface area contributed by atoms with Gasteiger partial charge in [-0.1, -0.05) is 112 Å². The van der Waals surface area contributed by atoms with Crippen LogP contribution in [0.25, 0.3) is 0 Å². The molecular weight excluding hydrogens is 444 g/mol. The average molecular weight is 487 g/mol. The van der Waals surface area contributed by atoms with Gasteiger partial charge in [-0.05, 0) is 28.3 Å². The van der Waals surface area contributed by atoms with E-state index in [0.717, 1.165) is 10.7 Å². The van der Waals surface area contributed by atoms with Crippen LogP contribution in [0.5, 0.6) is 0 Å². The maximum atomic E-state index is 3.87. The highest BCUT2D eigenvalue weighted by atomic mass is 79.9. The van der Waals surface area contributed by atoms with E-state index in [1.54, 1.807) is 0 Å². The van der Waals surface area contributed by atoms with E-state index in [4.69, 9.17) is 0 Å². The Hall–Kier alpha value is 1.39. The molecule has 0 aliphatic rings. The second kappa shape index (κ2) is 8.39. The zero-order valence-electron chi connectivity index (χ0n) is 17.5. The van der Waals surface area contributed by atoms with Gasteiger partial charge in [-0.2, -0.15) is 0 Å². The standard InChI is InChI=1S/C19H42Br2Si2/c1-17(2,3)22(7,8)13-11-19(15-20,16-21)12-14-23(9,10)18(4,5)6/h11-16H2,1-10H3. The first kappa shape index (κ1) is 24.4. The van der Waals surface area contributed by atoms with Gasteiger partial charge in [0.15, 0.2) is 0 Å². The molecule has 0 nitrogen and oxygen atoms in total. The van der Waals surface area contributed by atoms with E-state index in [9.17, 15) is 0 Å². The molecule has 0 fully saturated rings. The van der Waals surface area contributed by atoms with Crippen LogP contribution >= 0.6 is 31.9 Å². The van der Waals surface area contributed by atoms with Crippen molar-refractivity contribution in [2.75, 3.05) is 10.7 Å². The van der Waals surface area contributed by atoms with Crippen molar-refractivity contribution in [1.29, 1.82) is 0 Å². The molecule has 0 amide bonds. The monoisotopic (exact) mass is 484 g/mol. The van der Waals surface area contributed by atoms with Crippen molar-refractivity contribution in [3.05, 3.63) is 0 Å². The van der Waals surface area contributed by atoms with Crippen LogP contribution in [0.2, 0.25) is 48.4 Å². The number of hydrogen-bond acceptors (Lipinski definition) is 0. The van der Waals surface area contributed by atoms with Crippen LogP contribution in [0, 0.1) is 5.41 Å². The van der Waals surface area contributed by atoms with E-state index in [-0.39, 0.29) is 0 Å². The highest BCUT2D eigenvalue weighted by molar-refractivity contribution is 9.09. The predicted octanol–water partition coefficient (Wildman–Crippen LogP) is 8.56. The first-order valence-electron chi connectivity index (χ1n) is 9.16. The molecule has 0 spiro atoms. The molecule has 0 aliphatic heterocycles. The largest absolute Gasteiger partial charge is 0.0922 e. The third-order valence-electron chi connectivity index (χ3n) is 7.19. The summed E-state index contributed by atoms with van der Waals surface area (Å²) in [5.41, 5.74) is 0.436.